The molecule has 136 valence electrons. The minimum atomic E-state index is -0.162. The Hall–Kier alpha value is -2.60. The van der Waals surface area contributed by atoms with Gasteiger partial charge in [0.25, 0.3) is 0 Å². The molecule has 0 saturated carbocycles. The molecule has 0 unspecified atom stereocenters. The fraction of sp³-hybridized carbons (Fsp3) is 0.391. The molecule has 0 aliphatic heterocycles. The average molecular weight is 349 g/mol. The summed E-state index contributed by atoms with van der Waals surface area (Å²) in [4.78, 5) is 11.9. The summed E-state index contributed by atoms with van der Waals surface area (Å²) in [6.07, 6.45) is 8.80. The molecule has 0 heterocycles. The third kappa shape index (κ3) is 6.72. The first-order valence-corrected chi connectivity index (χ1v) is 9.54. The van der Waals surface area contributed by atoms with Gasteiger partial charge in [-0.15, -0.1) is 0 Å². The number of unbranched alkanes of at least 4 members (excludes halogenated alkanes) is 6. The van der Waals surface area contributed by atoms with Crippen LogP contribution >= 0.6 is 0 Å². The lowest BCUT2D eigenvalue weighted by Gasteiger charge is -2.06. The first kappa shape index (κ1) is 19.7. The van der Waals surface area contributed by atoms with Gasteiger partial charge in [0.2, 0.25) is 0 Å². The van der Waals surface area contributed by atoms with Gasteiger partial charge in [0, 0.05) is 6.42 Å². The van der Waals surface area contributed by atoms with E-state index in [1.54, 1.807) is 12.1 Å². The van der Waals surface area contributed by atoms with Crippen molar-refractivity contribution < 1.29 is 9.53 Å². The minimum absolute atomic E-state index is 0.162. The maximum Gasteiger partial charge on any atom is 0.311 e. The normalized spacial score (nSPS) is 10.3. The molecule has 0 spiro atoms. The quantitative estimate of drug-likeness (QED) is 0.288. The highest BCUT2D eigenvalue weighted by Gasteiger charge is 2.05. The van der Waals surface area contributed by atoms with Crippen LogP contribution in [-0.4, -0.2) is 5.97 Å². The predicted octanol–water partition coefficient (Wildman–Crippen LogP) is 6.27. The second-order valence-electron chi connectivity index (χ2n) is 6.56. The Morgan fingerprint density at radius 3 is 1.96 bits per heavy atom. The molecule has 0 atom stereocenters. The van der Waals surface area contributed by atoms with Crippen molar-refractivity contribution in [1.82, 2.24) is 0 Å². The number of ether oxygens (including phenoxy) is 1. The number of carbonyl (C=O) groups is 1. The minimum Gasteiger partial charge on any atom is -0.427 e. The monoisotopic (exact) mass is 349 g/mol. The lowest BCUT2D eigenvalue weighted by molar-refractivity contribution is -0.134. The molecule has 0 aliphatic carbocycles. The van der Waals surface area contributed by atoms with Gasteiger partial charge in [0.05, 0.1) is 11.6 Å². The molecule has 0 aliphatic rings. The van der Waals surface area contributed by atoms with Gasteiger partial charge in [-0.25, -0.2) is 0 Å². The van der Waals surface area contributed by atoms with Crippen LogP contribution in [0.3, 0.4) is 0 Å². The summed E-state index contributed by atoms with van der Waals surface area (Å²) in [5.41, 5.74) is 2.70. The summed E-state index contributed by atoms with van der Waals surface area (Å²) in [5, 5.41) is 8.85. The second kappa shape index (κ2) is 11.1. The summed E-state index contributed by atoms with van der Waals surface area (Å²) in [6, 6.07) is 17.0. The molecule has 3 nitrogen and oxygen atoms in total. The number of rotatable bonds is 10. The zero-order valence-corrected chi connectivity index (χ0v) is 15.5. The molecule has 2 rings (SSSR count). The molecule has 0 radical (unpaired) electrons. The van der Waals surface area contributed by atoms with E-state index in [2.05, 4.69) is 13.0 Å². The summed E-state index contributed by atoms with van der Waals surface area (Å²) >= 11 is 0. The molecule has 0 bridgehead atoms. The summed E-state index contributed by atoms with van der Waals surface area (Å²) in [6.45, 7) is 2.22. The van der Waals surface area contributed by atoms with E-state index in [4.69, 9.17) is 10.00 Å². The van der Waals surface area contributed by atoms with Crippen LogP contribution in [0.4, 0.5) is 0 Å². The van der Waals surface area contributed by atoms with Crippen molar-refractivity contribution in [2.24, 2.45) is 0 Å². The Balaban J connectivity index is 1.74. The van der Waals surface area contributed by atoms with Gasteiger partial charge < -0.3 is 4.74 Å². The summed E-state index contributed by atoms with van der Waals surface area (Å²) < 4.78 is 5.40. The third-order valence-corrected chi connectivity index (χ3v) is 4.42. The lowest BCUT2D eigenvalue weighted by atomic mass is 10.0. The molecule has 0 amide bonds. The van der Waals surface area contributed by atoms with E-state index < -0.39 is 0 Å². The fourth-order valence-corrected chi connectivity index (χ4v) is 2.86. The smallest absolute Gasteiger partial charge is 0.311 e. The van der Waals surface area contributed by atoms with Crippen molar-refractivity contribution >= 4 is 5.97 Å². The number of hydrogen-bond donors (Lipinski definition) is 0. The van der Waals surface area contributed by atoms with Crippen LogP contribution in [0.1, 0.15) is 63.9 Å². The van der Waals surface area contributed by atoms with Crippen LogP contribution in [0.25, 0.3) is 11.1 Å². The number of hydrogen-bond acceptors (Lipinski definition) is 3. The summed E-state index contributed by atoms with van der Waals surface area (Å²) in [5.74, 6) is 0.417. The highest BCUT2D eigenvalue weighted by atomic mass is 16.5. The van der Waals surface area contributed by atoms with Crippen LogP contribution in [0.15, 0.2) is 48.5 Å². The van der Waals surface area contributed by atoms with Gasteiger partial charge in [0.1, 0.15) is 5.75 Å². The van der Waals surface area contributed by atoms with Crippen LogP contribution < -0.4 is 4.74 Å². The van der Waals surface area contributed by atoms with Crippen molar-refractivity contribution in [3.05, 3.63) is 54.1 Å². The van der Waals surface area contributed by atoms with E-state index in [1.807, 2.05) is 36.4 Å². The fourth-order valence-electron chi connectivity index (χ4n) is 2.86. The van der Waals surface area contributed by atoms with Gasteiger partial charge in [-0.1, -0.05) is 69.7 Å². The SMILES string of the molecule is CCCCCCCCCC(=O)Oc1ccc(-c2ccc(C#N)cc2)cc1. The first-order valence-electron chi connectivity index (χ1n) is 9.54. The Morgan fingerprint density at radius 1 is 0.846 bits per heavy atom. The number of esters is 1. The highest BCUT2D eigenvalue weighted by Crippen LogP contribution is 2.23. The average Bonchev–Trinajstić information content (AvgIpc) is 2.68. The Bertz CT molecular complexity index is 711. The van der Waals surface area contributed by atoms with Gasteiger partial charge in [-0.2, -0.15) is 5.26 Å². The van der Waals surface area contributed by atoms with Crippen molar-refractivity contribution in [2.75, 3.05) is 0 Å². The molecule has 2 aromatic rings. The zero-order valence-electron chi connectivity index (χ0n) is 15.5. The maximum absolute atomic E-state index is 11.9. The summed E-state index contributed by atoms with van der Waals surface area (Å²) in [7, 11) is 0. The van der Waals surface area contributed by atoms with E-state index >= 15 is 0 Å². The number of benzene rings is 2. The third-order valence-electron chi connectivity index (χ3n) is 4.42. The number of nitrogens with zero attached hydrogens (tertiary/aromatic N) is 1. The van der Waals surface area contributed by atoms with Crippen LogP contribution in [0, 0.1) is 11.3 Å². The van der Waals surface area contributed by atoms with Crippen LogP contribution in [-0.2, 0) is 4.79 Å². The van der Waals surface area contributed by atoms with Crippen LogP contribution in [0.5, 0.6) is 5.75 Å². The Kier molecular flexibility index (Phi) is 8.42. The molecular weight excluding hydrogens is 322 g/mol. The van der Waals surface area contributed by atoms with E-state index in [0.29, 0.717) is 17.7 Å². The molecule has 2 aromatic carbocycles. The predicted molar refractivity (Wildman–Crippen MR) is 105 cm³/mol. The molecule has 0 N–H and O–H groups in total. The van der Waals surface area contributed by atoms with E-state index in [1.165, 1.54) is 32.1 Å². The van der Waals surface area contributed by atoms with Gasteiger partial charge in [0.15, 0.2) is 0 Å². The molecule has 26 heavy (non-hydrogen) atoms. The van der Waals surface area contributed by atoms with Crippen LogP contribution in [0.2, 0.25) is 0 Å². The van der Waals surface area contributed by atoms with Crippen molar-refractivity contribution in [3.63, 3.8) is 0 Å². The second-order valence-corrected chi connectivity index (χ2v) is 6.56. The van der Waals surface area contributed by atoms with Crippen molar-refractivity contribution in [2.45, 2.75) is 58.3 Å². The number of carbonyl (C=O) groups excluding carboxylic acids is 1. The Labute approximate surface area is 156 Å². The van der Waals surface area contributed by atoms with Gasteiger partial charge in [-0.05, 0) is 41.8 Å². The molecule has 0 aromatic heterocycles. The molecule has 0 saturated heterocycles. The number of nitriles is 1. The largest absolute Gasteiger partial charge is 0.427 e. The van der Waals surface area contributed by atoms with Crippen molar-refractivity contribution in [1.29, 1.82) is 5.26 Å². The van der Waals surface area contributed by atoms with Crippen molar-refractivity contribution in [3.8, 4) is 22.9 Å². The van der Waals surface area contributed by atoms with Gasteiger partial charge in [-0.3, -0.25) is 4.79 Å². The molecule has 3 heteroatoms. The van der Waals surface area contributed by atoms with Gasteiger partial charge >= 0.3 is 5.97 Å². The zero-order chi connectivity index (χ0) is 18.6. The standard InChI is InChI=1S/C23H27NO2/c1-2-3-4-5-6-7-8-9-23(25)26-22-16-14-21(15-17-22)20-12-10-19(18-24)11-13-20/h10-17H,2-9H2,1H3. The maximum atomic E-state index is 11.9. The lowest BCUT2D eigenvalue weighted by Crippen LogP contribution is -2.07. The highest BCUT2D eigenvalue weighted by molar-refractivity contribution is 5.73. The van der Waals surface area contributed by atoms with E-state index in [-0.39, 0.29) is 5.97 Å². The molecule has 0 fully saturated rings. The van der Waals surface area contributed by atoms with E-state index in [0.717, 1.165) is 24.0 Å². The Morgan fingerprint density at radius 2 is 1.38 bits per heavy atom. The molecular formula is C23H27NO2. The van der Waals surface area contributed by atoms with E-state index in [9.17, 15) is 4.79 Å². The topological polar surface area (TPSA) is 50.1 Å². The first-order chi connectivity index (χ1) is 12.7.